The number of aromatic nitrogens is 2. The summed E-state index contributed by atoms with van der Waals surface area (Å²) in [6.45, 7) is -0.450. The largest absolute Gasteiger partial charge is 0.743 e. The number of hydrogen-bond donors (Lipinski definition) is 0. The molecule has 29 heavy (non-hydrogen) atoms. The fourth-order valence-corrected chi connectivity index (χ4v) is 5.93. The van der Waals surface area contributed by atoms with Crippen molar-refractivity contribution in [3.8, 4) is 0 Å². The van der Waals surface area contributed by atoms with E-state index >= 15 is 0 Å². The first kappa shape index (κ1) is 20.2. The molecule has 4 bridgehead atoms. The lowest BCUT2D eigenvalue weighted by Gasteiger charge is -2.60. The molecule has 4 fully saturated rings. The van der Waals surface area contributed by atoms with Crippen LogP contribution < -0.4 is 0 Å². The number of rotatable bonds is 5. The van der Waals surface area contributed by atoms with Gasteiger partial charge in [0.2, 0.25) is 0 Å². The predicted molar refractivity (Wildman–Crippen MR) is 89.6 cm³/mol. The van der Waals surface area contributed by atoms with Crippen molar-refractivity contribution >= 4 is 22.2 Å². The van der Waals surface area contributed by atoms with E-state index in [2.05, 4.69) is 9.72 Å². The van der Waals surface area contributed by atoms with E-state index in [0.29, 0.717) is 32.1 Å². The minimum Gasteiger partial charge on any atom is -0.743 e. The Hall–Kier alpha value is -2.08. The summed E-state index contributed by atoms with van der Waals surface area (Å²) >= 11 is 0. The topological polar surface area (TPSA) is 128 Å². The van der Waals surface area contributed by atoms with Crippen LogP contribution in [-0.2, 0) is 24.4 Å². The highest BCUT2D eigenvalue weighted by Gasteiger charge is 2.60. The van der Waals surface area contributed by atoms with Crippen LogP contribution >= 0.6 is 0 Å². The molecule has 5 rings (SSSR count). The average molecular weight is 433 g/mol. The molecule has 0 aromatic carbocycles. The number of alkyl halides is 2. The summed E-state index contributed by atoms with van der Waals surface area (Å²) in [7, 11) is -6.17. The van der Waals surface area contributed by atoms with Crippen LogP contribution in [-0.4, -0.2) is 52.0 Å². The van der Waals surface area contributed by atoms with Crippen LogP contribution in [0.3, 0.4) is 0 Å². The van der Waals surface area contributed by atoms with Gasteiger partial charge in [-0.25, -0.2) is 27.6 Å². The Morgan fingerprint density at radius 3 is 2.45 bits per heavy atom. The van der Waals surface area contributed by atoms with Crippen molar-refractivity contribution in [2.24, 2.45) is 17.3 Å². The number of hydrogen-bond acceptors (Lipinski definition) is 8. The molecule has 1 aromatic rings. The van der Waals surface area contributed by atoms with Crippen molar-refractivity contribution in [2.75, 3.05) is 6.61 Å². The van der Waals surface area contributed by atoms with Crippen molar-refractivity contribution in [2.45, 2.75) is 49.4 Å². The maximum atomic E-state index is 13.4. The number of ether oxygens (including phenoxy) is 2. The number of carbonyl (C=O) groups is 2. The molecule has 0 N–H and O–H groups in total. The molecule has 0 amide bonds. The second kappa shape index (κ2) is 6.46. The second-order valence-electron chi connectivity index (χ2n) is 8.53. The maximum absolute atomic E-state index is 13.4. The fourth-order valence-electron chi connectivity index (χ4n) is 5.66. The van der Waals surface area contributed by atoms with Gasteiger partial charge in [-0.1, -0.05) is 0 Å². The number of carbonyl (C=O) groups excluding carboxylic acids is 2. The number of halogens is 2. The molecule has 0 aliphatic heterocycles. The van der Waals surface area contributed by atoms with E-state index in [9.17, 15) is 31.3 Å². The first-order valence-corrected chi connectivity index (χ1v) is 10.6. The molecule has 0 saturated heterocycles. The summed E-state index contributed by atoms with van der Waals surface area (Å²) in [6.07, 6.45) is 7.27. The molecule has 4 aliphatic rings. The van der Waals surface area contributed by atoms with Crippen molar-refractivity contribution in [3.05, 3.63) is 18.7 Å². The molecule has 160 valence electrons. The van der Waals surface area contributed by atoms with Crippen LogP contribution in [0.2, 0.25) is 0 Å². The summed E-state index contributed by atoms with van der Waals surface area (Å²) in [5.41, 5.74) is -1.50. The van der Waals surface area contributed by atoms with Gasteiger partial charge in [0.25, 0.3) is 0 Å². The lowest BCUT2D eigenvalue weighted by atomic mass is 9.48. The summed E-state index contributed by atoms with van der Waals surface area (Å²) in [5, 5.41) is -5.14. The van der Waals surface area contributed by atoms with E-state index in [1.54, 1.807) is 0 Å². The monoisotopic (exact) mass is 433 g/mol. The van der Waals surface area contributed by atoms with Gasteiger partial charge in [0.15, 0.2) is 10.1 Å². The molecule has 2 atom stereocenters. The third-order valence-electron chi connectivity index (χ3n) is 6.21. The Kier molecular flexibility index (Phi) is 4.50. The van der Waals surface area contributed by atoms with E-state index in [0.717, 1.165) is 6.42 Å². The molecular weight excluding hydrogens is 414 g/mol. The average Bonchev–Trinajstić information content (AvgIpc) is 3.12. The Bertz CT molecular complexity index is 918. The molecule has 1 heterocycles. The third-order valence-corrected chi connectivity index (χ3v) is 7.00. The minimum atomic E-state index is -6.17. The SMILES string of the molecule is O=C(OC12CC3CC(CC(COC(=O)C(F)(F)S(=O)(=O)[O-])(C3)C1)C2)n1ccnc1. The van der Waals surface area contributed by atoms with E-state index in [1.165, 1.54) is 23.3 Å². The Morgan fingerprint density at radius 2 is 1.90 bits per heavy atom. The molecule has 2 unspecified atom stereocenters. The van der Waals surface area contributed by atoms with Gasteiger partial charge in [0, 0.05) is 17.8 Å². The van der Waals surface area contributed by atoms with Gasteiger partial charge < -0.3 is 14.0 Å². The summed E-state index contributed by atoms with van der Waals surface area (Å²) in [5.74, 6) is -2.02. The lowest BCUT2D eigenvalue weighted by Crippen LogP contribution is -2.59. The summed E-state index contributed by atoms with van der Waals surface area (Å²) in [4.78, 5) is 27.8. The molecule has 12 heteroatoms. The smallest absolute Gasteiger partial charge is 0.428 e. The molecule has 4 saturated carbocycles. The highest BCUT2D eigenvalue weighted by molar-refractivity contribution is 7.87. The number of nitrogens with zero attached hydrogens (tertiary/aromatic N) is 2. The first-order chi connectivity index (χ1) is 13.4. The molecule has 0 spiro atoms. The van der Waals surface area contributed by atoms with Gasteiger partial charge >= 0.3 is 17.3 Å². The van der Waals surface area contributed by atoms with Crippen LogP contribution in [0.4, 0.5) is 13.6 Å². The zero-order valence-electron chi connectivity index (χ0n) is 15.3. The van der Waals surface area contributed by atoms with E-state index in [4.69, 9.17) is 4.74 Å². The van der Waals surface area contributed by atoms with Crippen LogP contribution in [0.15, 0.2) is 18.7 Å². The van der Waals surface area contributed by atoms with Gasteiger partial charge in [0.1, 0.15) is 11.9 Å². The fraction of sp³-hybridized carbons (Fsp3) is 0.706. The molecule has 1 aromatic heterocycles. The van der Waals surface area contributed by atoms with Gasteiger partial charge in [-0.3, -0.25) is 0 Å². The molecular formula is C17H19F2N2O7S-. The van der Waals surface area contributed by atoms with Crippen molar-refractivity contribution in [1.82, 2.24) is 9.55 Å². The highest BCUT2D eigenvalue weighted by atomic mass is 32.2. The van der Waals surface area contributed by atoms with Crippen LogP contribution in [0, 0.1) is 17.3 Å². The van der Waals surface area contributed by atoms with E-state index < -0.39 is 45.1 Å². The predicted octanol–water partition coefficient (Wildman–Crippen LogP) is 1.89. The van der Waals surface area contributed by atoms with Gasteiger partial charge in [-0.2, -0.15) is 8.78 Å². The van der Waals surface area contributed by atoms with Crippen molar-refractivity contribution in [3.63, 3.8) is 0 Å². The maximum Gasteiger partial charge on any atom is 0.428 e. The van der Waals surface area contributed by atoms with E-state index in [1.807, 2.05) is 0 Å². The normalized spacial score (nSPS) is 33.5. The summed E-state index contributed by atoms with van der Waals surface area (Å²) in [6, 6.07) is 0. The van der Waals surface area contributed by atoms with E-state index in [-0.39, 0.29) is 11.8 Å². The minimum absolute atomic E-state index is 0.175. The van der Waals surface area contributed by atoms with Gasteiger partial charge in [0.05, 0.1) is 6.61 Å². The van der Waals surface area contributed by atoms with Crippen molar-refractivity contribution in [1.29, 1.82) is 0 Å². The van der Waals surface area contributed by atoms with Crippen LogP contribution in [0.25, 0.3) is 0 Å². The lowest BCUT2D eigenvalue weighted by molar-refractivity contribution is -0.193. The molecule has 4 aliphatic carbocycles. The molecule has 9 nitrogen and oxygen atoms in total. The Labute approximate surface area is 165 Å². The summed E-state index contributed by atoms with van der Waals surface area (Å²) < 4.78 is 70.4. The van der Waals surface area contributed by atoms with Gasteiger partial charge in [-0.15, -0.1) is 0 Å². The highest BCUT2D eigenvalue weighted by Crippen LogP contribution is 2.63. The molecule has 0 radical (unpaired) electrons. The Balaban J connectivity index is 1.50. The zero-order chi connectivity index (χ0) is 21.1. The van der Waals surface area contributed by atoms with Gasteiger partial charge in [-0.05, 0) is 50.4 Å². The van der Waals surface area contributed by atoms with Crippen LogP contribution in [0.1, 0.15) is 38.5 Å². The first-order valence-electron chi connectivity index (χ1n) is 9.16. The zero-order valence-corrected chi connectivity index (χ0v) is 16.1. The number of imidazole rings is 1. The number of esters is 1. The quantitative estimate of drug-likeness (QED) is 0.509. The Morgan fingerprint density at radius 1 is 1.24 bits per heavy atom. The van der Waals surface area contributed by atoms with Crippen molar-refractivity contribution < 1.29 is 40.8 Å². The standard InChI is InChI=1S/C17H20F2N2O7S/c18-17(19,29(24,25)26)13(22)27-9-15-4-11-3-12(5-15)7-16(6-11,8-15)28-14(23)21-2-1-20-10-21/h1-2,10-12H,3-9H2,(H,24,25,26)/p-1. The van der Waals surface area contributed by atoms with Crippen LogP contribution in [0.5, 0.6) is 0 Å². The third kappa shape index (κ3) is 3.52. The second-order valence-corrected chi connectivity index (χ2v) is 9.95.